The predicted molar refractivity (Wildman–Crippen MR) is 51.0 cm³/mol. The maximum absolute atomic E-state index is 10.5. The topological polar surface area (TPSA) is 70.0 Å². The molecule has 0 radical (unpaired) electrons. The molecule has 0 saturated heterocycles. The third kappa shape index (κ3) is 4.50. The fourth-order valence-electron chi connectivity index (χ4n) is 1.05. The summed E-state index contributed by atoms with van der Waals surface area (Å²) in [4.78, 5) is 17.0. The first-order valence-corrected chi connectivity index (χ1v) is 5.51. The van der Waals surface area contributed by atoms with E-state index in [1.54, 1.807) is 0 Å². The smallest absolute Gasteiger partial charge is 0.302 e. The average Bonchev–Trinajstić information content (AvgIpc) is 2.02. The molecule has 0 aromatic heterocycles. The van der Waals surface area contributed by atoms with E-state index in [-0.39, 0.29) is 0 Å². The average molecular weight is 217 g/mol. The molecule has 0 aliphatic carbocycles. The summed E-state index contributed by atoms with van der Waals surface area (Å²) in [5.74, 6) is 0. The van der Waals surface area contributed by atoms with Crippen molar-refractivity contribution in [2.75, 3.05) is 7.05 Å². The molecule has 6 heteroatoms. The Balaban J connectivity index is 2.50. The zero-order valence-corrected chi connectivity index (χ0v) is 8.59. The number of nitrogens with zero attached hydrogens (tertiary/aromatic N) is 1. The Kier molecular flexibility index (Phi) is 3.80. The van der Waals surface area contributed by atoms with Gasteiger partial charge in [0.1, 0.15) is 0 Å². The lowest BCUT2D eigenvalue weighted by atomic mass is 10.2. The molecule has 1 rings (SSSR count). The van der Waals surface area contributed by atoms with E-state index in [9.17, 15) is 4.57 Å². The molecule has 78 valence electrons. The second-order valence-corrected chi connectivity index (χ2v) is 3.99. The van der Waals surface area contributed by atoms with Crippen molar-refractivity contribution < 1.29 is 19.0 Å². The van der Waals surface area contributed by atoms with Crippen molar-refractivity contribution in [3.8, 4) is 0 Å². The summed E-state index contributed by atoms with van der Waals surface area (Å²) >= 11 is 0. The quantitative estimate of drug-likeness (QED) is 0.584. The molecule has 0 aliphatic heterocycles. The van der Waals surface area contributed by atoms with Crippen LogP contribution in [0.25, 0.3) is 0 Å². The highest BCUT2D eigenvalue weighted by atomic mass is 31.2. The molecule has 0 heterocycles. The molecule has 1 aromatic rings. The van der Waals surface area contributed by atoms with Crippen LogP contribution in [0, 0.1) is 0 Å². The van der Waals surface area contributed by atoms with E-state index in [0.717, 1.165) is 10.6 Å². The molecule has 2 N–H and O–H groups in total. The molecule has 0 unspecified atom stereocenters. The first kappa shape index (κ1) is 11.4. The van der Waals surface area contributed by atoms with Crippen LogP contribution in [0.4, 0.5) is 0 Å². The Morgan fingerprint density at radius 1 is 1.36 bits per heavy atom. The molecular weight excluding hydrogens is 205 g/mol. The van der Waals surface area contributed by atoms with Crippen LogP contribution >= 0.6 is 7.82 Å². The Morgan fingerprint density at radius 2 is 1.93 bits per heavy atom. The van der Waals surface area contributed by atoms with E-state index in [1.807, 2.05) is 30.3 Å². The molecule has 0 amide bonds. The van der Waals surface area contributed by atoms with Crippen LogP contribution < -0.4 is 0 Å². The maximum atomic E-state index is 10.5. The summed E-state index contributed by atoms with van der Waals surface area (Å²) in [6.45, 7) is 0.325. The van der Waals surface area contributed by atoms with Gasteiger partial charge in [-0.05, 0) is 5.56 Å². The lowest BCUT2D eigenvalue weighted by Gasteiger charge is -2.16. The second-order valence-electron chi connectivity index (χ2n) is 2.84. The van der Waals surface area contributed by atoms with Crippen LogP contribution in [0.5, 0.6) is 0 Å². The van der Waals surface area contributed by atoms with Crippen molar-refractivity contribution in [1.82, 2.24) is 5.06 Å². The molecule has 0 saturated carbocycles. The zero-order valence-electron chi connectivity index (χ0n) is 7.70. The molecule has 0 aliphatic rings. The molecular formula is C8H12NO4P. The van der Waals surface area contributed by atoms with E-state index in [1.165, 1.54) is 7.05 Å². The summed E-state index contributed by atoms with van der Waals surface area (Å²) in [5, 5.41) is 1.11. The van der Waals surface area contributed by atoms with Crippen molar-refractivity contribution in [1.29, 1.82) is 0 Å². The number of hydrogen-bond acceptors (Lipinski definition) is 3. The van der Waals surface area contributed by atoms with Gasteiger partial charge in [0.05, 0.1) is 0 Å². The highest BCUT2D eigenvalue weighted by molar-refractivity contribution is 7.46. The molecule has 14 heavy (non-hydrogen) atoms. The Hall–Kier alpha value is -0.710. The van der Waals surface area contributed by atoms with Crippen LogP contribution in [0.2, 0.25) is 0 Å². The first-order chi connectivity index (χ1) is 6.47. The lowest BCUT2D eigenvalue weighted by molar-refractivity contribution is -0.0649. The lowest BCUT2D eigenvalue weighted by Crippen LogP contribution is -2.16. The van der Waals surface area contributed by atoms with Gasteiger partial charge < -0.3 is 9.79 Å². The maximum Gasteiger partial charge on any atom is 0.486 e. The molecule has 1 aromatic carbocycles. The minimum absolute atomic E-state index is 0.325. The summed E-state index contributed by atoms with van der Waals surface area (Å²) in [7, 11) is -2.97. The fraction of sp³-hybridized carbons (Fsp3) is 0.250. The SMILES string of the molecule is CN(Cc1ccccc1)OP(=O)(O)O. The monoisotopic (exact) mass is 217 g/mol. The predicted octanol–water partition coefficient (Wildman–Crippen LogP) is 1.14. The van der Waals surface area contributed by atoms with Crippen molar-refractivity contribution in [2.24, 2.45) is 0 Å². The minimum Gasteiger partial charge on any atom is -0.302 e. The highest BCUT2D eigenvalue weighted by Crippen LogP contribution is 2.36. The minimum atomic E-state index is -4.43. The molecule has 0 fully saturated rings. The first-order valence-electron chi connectivity index (χ1n) is 3.98. The van der Waals surface area contributed by atoms with Gasteiger partial charge in [0.25, 0.3) is 0 Å². The van der Waals surface area contributed by atoms with Gasteiger partial charge in [-0.15, -0.1) is 0 Å². The van der Waals surface area contributed by atoms with Crippen LogP contribution in [-0.2, 0) is 15.7 Å². The van der Waals surface area contributed by atoms with Gasteiger partial charge in [0, 0.05) is 13.6 Å². The summed E-state index contributed by atoms with van der Waals surface area (Å²) < 4.78 is 14.8. The summed E-state index contributed by atoms with van der Waals surface area (Å²) in [5.41, 5.74) is 0.920. The van der Waals surface area contributed by atoms with Crippen LogP contribution in [0.1, 0.15) is 5.56 Å². The zero-order chi connectivity index (χ0) is 10.6. The number of phosphoric acid groups is 1. The summed E-state index contributed by atoms with van der Waals surface area (Å²) in [6.07, 6.45) is 0. The number of benzene rings is 1. The number of rotatable bonds is 4. The Bertz CT molecular complexity index is 323. The fourth-order valence-corrected chi connectivity index (χ4v) is 1.47. The van der Waals surface area contributed by atoms with Gasteiger partial charge >= 0.3 is 7.82 Å². The Labute approximate surface area is 82.1 Å². The second kappa shape index (κ2) is 4.68. The summed E-state index contributed by atoms with van der Waals surface area (Å²) in [6, 6.07) is 9.26. The van der Waals surface area contributed by atoms with Crippen molar-refractivity contribution in [2.45, 2.75) is 6.54 Å². The standard InChI is InChI=1S/C8H12NO4P/c1-9(13-14(10,11)12)7-8-5-3-2-4-6-8/h2-6H,7H2,1H3,(H2,10,11,12). The van der Waals surface area contributed by atoms with E-state index >= 15 is 0 Å². The third-order valence-corrected chi connectivity index (χ3v) is 1.99. The van der Waals surface area contributed by atoms with E-state index < -0.39 is 7.82 Å². The van der Waals surface area contributed by atoms with Crippen LogP contribution in [0.3, 0.4) is 0 Å². The molecule has 5 nitrogen and oxygen atoms in total. The molecule has 0 spiro atoms. The number of hydroxylamine groups is 2. The Morgan fingerprint density at radius 3 is 2.43 bits per heavy atom. The van der Waals surface area contributed by atoms with E-state index in [4.69, 9.17) is 9.79 Å². The number of hydrogen-bond donors (Lipinski definition) is 2. The van der Waals surface area contributed by atoms with Gasteiger partial charge in [-0.25, -0.2) is 4.57 Å². The largest absolute Gasteiger partial charge is 0.486 e. The third-order valence-electron chi connectivity index (χ3n) is 1.49. The van der Waals surface area contributed by atoms with Gasteiger partial charge in [0.2, 0.25) is 0 Å². The van der Waals surface area contributed by atoms with Gasteiger partial charge in [-0.1, -0.05) is 30.3 Å². The van der Waals surface area contributed by atoms with Crippen LogP contribution in [0.15, 0.2) is 30.3 Å². The molecule has 0 atom stereocenters. The normalized spacial score (nSPS) is 12.0. The van der Waals surface area contributed by atoms with Gasteiger partial charge in [0.15, 0.2) is 0 Å². The van der Waals surface area contributed by atoms with Crippen LogP contribution in [-0.4, -0.2) is 21.9 Å². The highest BCUT2D eigenvalue weighted by Gasteiger charge is 2.17. The van der Waals surface area contributed by atoms with Crippen molar-refractivity contribution in [3.05, 3.63) is 35.9 Å². The van der Waals surface area contributed by atoms with Crippen molar-refractivity contribution >= 4 is 7.82 Å². The van der Waals surface area contributed by atoms with E-state index in [0.29, 0.717) is 6.54 Å². The van der Waals surface area contributed by atoms with Crippen molar-refractivity contribution in [3.63, 3.8) is 0 Å². The van der Waals surface area contributed by atoms with Gasteiger partial charge in [-0.3, -0.25) is 0 Å². The molecule has 0 bridgehead atoms. The van der Waals surface area contributed by atoms with E-state index in [2.05, 4.69) is 4.62 Å². The van der Waals surface area contributed by atoms with Gasteiger partial charge in [-0.2, -0.15) is 9.69 Å².